The number of aliphatic hydroxyl groups excluding tert-OH is 1. The highest BCUT2D eigenvalue weighted by molar-refractivity contribution is 6.33. The highest BCUT2D eigenvalue weighted by Gasteiger charge is 2.27. The molecule has 158 valence electrons. The quantitative estimate of drug-likeness (QED) is 0.488. The molecular formula is C21H16ClF2N5O2. The predicted molar refractivity (Wildman–Crippen MR) is 111 cm³/mol. The van der Waals surface area contributed by atoms with Gasteiger partial charge in [0.05, 0.1) is 17.2 Å². The van der Waals surface area contributed by atoms with Crippen molar-refractivity contribution >= 4 is 28.5 Å². The zero-order valence-corrected chi connectivity index (χ0v) is 16.8. The fourth-order valence-corrected chi connectivity index (χ4v) is 3.84. The summed E-state index contributed by atoms with van der Waals surface area (Å²) in [5, 5.41) is 18.4. The molecule has 4 aromatic rings. The molecule has 0 bridgehead atoms. The number of aromatic amines is 1. The van der Waals surface area contributed by atoms with Gasteiger partial charge in [0.2, 0.25) is 0 Å². The molecule has 2 aromatic carbocycles. The minimum atomic E-state index is -0.874. The van der Waals surface area contributed by atoms with E-state index >= 15 is 0 Å². The first-order chi connectivity index (χ1) is 15.0. The maximum atomic E-state index is 14.1. The van der Waals surface area contributed by atoms with Crippen LogP contribution in [0.4, 0.5) is 14.6 Å². The SMILES string of the molecule is OC1CCN(c2nc(Oc3ccc(F)cc3F)nc3n[nH]c(-c4ccccc4Cl)c23)C1. The number of aliphatic hydroxyl groups is 1. The molecule has 31 heavy (non-hydrogen) atoms. The van der Waals surface area contributed by atoms with Gasteiger partial charge in [0.15, 0.2) is 17.2 Å². The summed E-state index contributed by atoms with van der Waals surface area (Å²) < 4.78 is 32.8. The Labute approximate surface area is 180 Å². The number of halogens is 3. The van der Waals surface area contributed by atoms with Gasteiger partial charge in [0.1, 0.15) is 11.6 Å². The molecule has 2 aromatic heterocycles. The molecule has 7 nitrogen and oxygen atoms in total. The van der Waals surface area contributed by atoms with Gasteiger partial charge in [-0.2, -0.15) is 15.1 Å². The minimum Gasteiger partial charge on any atom is -0.421 e. The highest BCUT2D eigenvalue weighted by Crippen LogP contribution is 2.38. The lowest BCUT2D eigenvalue weighted by atomic mass is 10.1. The summed E-state index contributed by atoms with van der Waals surface area (Å²) in [5.74, 6) is -1.33. The zero-order chi connectivity index (χ0) is 21.5. The van der Waals surface area contributed by atoms with Crippen molar-refractivity contribution in [2.24, 2.45) is 0 Å². The number of hydrogen-bond acceptors (Lipinski definition) is 6. The van der Waals surface area contributed by atoms with Crippen molar-refractivity contribution in [1.29, 1.82) is 0 Å². The molecule has 0 radical (unpaired) electrons. The third-order valence-corrected chi connectivity index (χ3v) is 5.40. The first-order valence-electron chi connectivity index (χ1n) is 9.56. The summed E-state index contributed by atoms with van der Waals surface area (Å²) in [4.78, 5) is 10.7. The van der Waals surface area contributed by atoms with Gasteiger partial charge < -0.3 is 14.7 Å². The smallest absolute Gasteiger partial charge is 0.326 e. The second kappa shape index (κ2) is 7.75. The predicted octanol–water partition coefficient (Wildman–Crippen LogP) is 4.31. The van der Waals surface area contributed by atoms with Crippen molar-refractivity contribution in [1.82, 2.24) is 20.2 Å². The lowest BCUT2D eigenvalue weighted by Gasteiger charge is -2.19. The summed E-state index contributed by atoms with van der Waals surface area (Å²) in [6.45, 7) is 0.925. The van der Waals surface area contributed by atoms with E-state index in [0.717, 1.165) is 23.8 Å². The topological polar surface area (TPSA) is 87.2 Å². The van der Waals surface area contributed by atoms with Crippen molar-refractivity contribution in [3.8, 4) is 23.0 Å². The van der Waals surface area contributed by atoms with Crippen LogP contribution in [0.2, 0.25) is 5.02 Å². The average Bonchev–Trinajstić information content (AvgIpc) is 3.36. The fourth-order valence-electron chi connectivity index (χ4n) is 3.61. The fraction of sp³-hybridized carbons (Fsp3) is 0.190. The molecule has 1 fully saturated rings. The molecule has 10 heteroatoms. The van der Waals surface area contributed by atoms with Gasteiger partial charge in [0.25, 0.3) is 0 Å². The number of nitrogens with zero attached hydrogens (tertiary/aromatic N) is 4. The van der Waals surface area contributed by atoms with Gasteiger partial charge in [-0.05, 0) is 24.6 Å². The van der Waals surface area contributed by atoms with Crippen LogP contribution in [0, 0.1) is 11.6 Å². The molecular weight excluding hydrogens is 428 g/mol. The van der Waals surface area contributed by atoms with Crippen molar-refractivity contribution < 1.29 is 18.6 Å². The number of benzene rings is 2. The van der Waals surface area contributed by atoms with Crippen molar-refractivity contribution in [3.05, 3.63) is 59.1 Å². The maximum absolute atomic E-state index is 14.1. The number of H-pyrrole nitrogens is 1. The van der Waals surface area contributed by atoms with Crippen LogP contribution in [0.25, 0.3) is 22.3 Å². The minimum absolute atomic E-state index is 0.147. The van der Waals surface area contributed by atoms with Crippen LogP contribution < -0.4 is 9.64 Å². The number of rotatable bonds is 4. The van der Waals surface area contributed by atoms with E-state index in [2.05, 4.69) is 20.2 Å². The van der Waals surface area contributed by atoms with Crippen molar-refractivity contribution in [2.75, 3.05) is 18.0 Å². The van der Waals surface area contributed by atoms with E-state index in [1.54, 1.807) is 6.07 Å². The normalized spacial score (nSPS) is 16.3. The Balaban J connectivity index is 1.66. The number of ether oxygens (including phenoxy) is 1. The van der Waals surface area contributed by atoms with Crippen LogP contribution in [-0.2, 0) is 0 Å². The summed E-state index contributed by atoms with van der Waals surface area (Å²) in [6.07, 6.45) is 0.0766. The van der Waals surface area contributed by atoms with Crippen LogP contribution >= 0.6 is 11.6 Å². The first kappa shape index (κ1) is 19.7. The lowest BCUT2D eigenvalue weighted by molar-refractivity contribution is 0.198. The lowest BCUT2D eigenvalue weighted by Crippen LogP contribution is -2.22. The van der Waals surface area contributed by atoms with E-state index < -0.39 is 17.7 Å². The number of nitrogens with one attached hydrogen (secondary N) is 1. The summed E-state index contributed by atoms with van der Waals surface area (Å²) >= 11 is 6.38. The van der Waals surface area contributed by atoms with Crippen LogP contribution in [-0.4, -0.2) is 44.5 Å². The average molecular weight is 444 g/mol. The van der Waals surface area contributed by atoms with Gasteiger partial charge in [-0.25, -0.2) is 8.78 Å². The Morgan fingerprint density at radius 2 is 2.00 bits per heavy atom. The molecule has 5 rings (SSSR count). The Morgan fingerprint density at radius 1 is 1.16 bits per heavy atom. The Bertz CT molecular complexity index is 1280. The van der Waals surface area contributed by atoms with E-state index in [9.17, 15) is 13.9 Å². The molecule has 3 heterocycles. The third kappa shape index (κ3) is 3.66. The zero-order valence-electron chi connectivity index (χ0n) is 16.0. The van der Waals surface area contributed by atoms with E-state index in [1.165, 1.54) is 0 Å². The van der Waals surface area contributed by atoms with Crippen LogP contribution in [0.3, 0.4) is 0 Å². The highest BCUT2D eigenvalue weighted by atomic mass is 35.5. The van der Waals surface area contributed by atoms with E-state index in [1.807, 2.05) is 23.1 Å². The number of fused-ring (bicyclic) bond motifs is 1. The van der Waals surface area contributed by atoms with Crippen molar-refractivity contribution in [3.63, 3.8) is 0 Å². The van der Waals surface area contributed by atoms with Gasteiger partial charge in [-0.15, -0.1) is 0 Å². The summed E-state index contributed by atoms with van der Waals surface area (Å²) in [6, 6.07) is 10.1. The first-order valence-corrected chi connectivity index (χ1v) is 9.94. The van der Waals surface area contributed by atoms with Crippen LogP contribution in [0.1, 0.15) is 6.42 Å². The molecule has 0 amide bonds. The molecule has 1 saturated heterocycles. The molecule has 0 aliphatic carbocycles. The maximum Gasteiger partial charge on any atom is 0.326 e. The Morgan fingerprint density at radius 3 is 2.74 bits per heavy atom. The molecule has 2 N–H and O–H groups in total. The molecule has 0 spiro atoms. The van der Waals surface area contributed by atoms with Crippen LogP contribution in [0.5, 0.6) is 11.8 Å². The number of aromatic nitrogens is 4. The standard InChI is InChI=1S/C21H16ClF2N5O2/c22-14-4-2-1-3-13(14)18-17-19(28-27-18)25-21(26-20(17)29-8-7-12(30)10-29)31-16-6-5-11(23)9-15(16)24/h1-6,9,12,30H,7-8,10H2,(H,25,26,27,28). The molecule has 1 aliphatic rings. The van der Waals surface area contributed by atoms with Gasteiger partial charge in [-0.1, -0.05) is 29.8 Å². The summed E-state index contributed by atoms with van der Waals surface area (Å²) in [7, 11) is 0. The largest absolute Gasteiger partial charge is 0.421 e. The molecule has 1 atom stereocenters. The number of anilines is 1. The van der Waals surface area contributed by atoms with Crippen molar-refractivity contribution in [2.45, 2.75) is 12.5 Å². The third-order valence-electron chi connectivity index (χ3n) is 5.08. The Hall–Kier alpha value is -3.30. The molecule has 1 aliphatic heterocycles. The number of hydrogen-bond donors (Lipinski definition) is 2. The Kier molecular flexibility index (Phi) is 4.91. The van der Waals surface area contributed by atoms with Gasteiger partial charge in [0, 0.05) is 29.7 Å². The molecule has 1 unspecified atom stereocenters. The monoisotopic (exact) mass is 443 g/mol. The number of β-amino-alcohol motifs (C(OH)–C–C–N with tert-alkyl or cyclic N) is 1. The van der Waals surface area contributed by atoms with E-state index in [4.69, 9.17) is 16.3 Å². The van der Waals surface area contributed by atoms with Crippen LogP contribution in [0.15, 0.2) is 42.5 Å². The van der Waals surface area contributed by atoms with E-state index in [0.29, 0.717) is 47.1 Å². The van der Waals surface area contributed by atoms with E-state index in [-0.39, 0.29) is 11.8 Å². The van der Waals surface area contributed by atoms with Gasteiger partial charge in [-0.3, -0.25) is 5.10 Å². The second-order valence-corrected chi connectivity index (χ2v) is 7.58. The second-order valence-electron chi connectivity index (χ2n) is 7.17. The molecule has 0 saturated carbocycles. The van der Waals surface area contributed by atoms with Gasteiger partial charge >= 0.3 is 6.01 Å². The summed E-state index contributed by atoms with van der Waals surface area (Å²) in [5.41, 5.74) is 1.63.